The molecule has 2 rings (SSSR count). The lowest BCUT2D eigenvalue weighted by Gasteiger charge is -2.14. The molecule has 100 valence electrons. The van der Waals surface area contributed by atoms with Crippen LogP contribution in [0, 0.1) is 18.6 Å². The first-order chi connectivity index (χ1) is 9.02. The molecule has 0 spiro atoms. The number of benzene rings is 2. The van der Waals surface area contributed by atoms with Crippen molar-refractivity contribution in [1.29, 1.82) is 0 Å². The van der Waals surface area contributed by atoms with Crippen molar-refractivity contribution < 1.29 is 13.5 Å². The van der Waals surface area contributed by atoms with Gasteiger partial charge in [-0.2, -0.15) is 0 Å². The SMILES string of the molecule is COc1cc(C(Br)c2ccc(F)cc2F)ccc1C. The Bertz CT molecular complexity index is 599. The van der Waals surface area contributed by atoms with Crippen molar-refractivity contribution in [3.63, 3.8) is 0 Å². The fraction of sp³-hybridized carbons (Fsp3) is 0.200. The van der Waals surface area contributed by atoms with Gasteiger partial charge in [0.15, 0.2) is 0 Å². The van der Waals surface area contributed by atoms with E-state index in [1.807, 2.05) is 25.1 Å². The van der Waals surface area contributed by atoms with Gasteiger partial charge in [-0.1, -0.05) is 34.1 Å². The van der Waals surface area contributed by atoms with Crippen LogP contribution < -0.4 is 4.74 Å². The van der Waals surface area contributed by atoms with Crippen LogP contribution in [-0.4, -0.2) is 7.11 Å². The van der Waals surface area contributed by atoms with Gasteiger partial charge in [-0.25, -0.2) is 8.78 Å². The second-order valence-corrected chi connectivity index (χ2v) is 5.17. The summed E-state index contributed by atoms with van der Waals surface area (Å²) in [7, 11) is 1.59. The first-order valence-electron chi connectivity index (χ1n) is 5.76. The second kappa shape index (κ2) is 5.70. The highest BCUT2D eigenvalue weighted by Gasteiger charge is 2.16. The second-order valence-electron chi connectivity index (χ2n) is 4.26. The first-order valence-corrected chi connectivity index (χ1v) is 6.68. The van der Waals surface area contributed by atoms with Crippen LogP contribution in [0.4, 0.5) is 8.78 Å². The molecule has 0 aliphatic carbocycles. The monoisotopic (exact) mass is 326 g/mol. The van der Waals surface area contributed by atoms with E-state index in [0.29, 0.717) is 5.56 Å². The molecule has 4 heteroatoms. The maximum Gasteiger partial charge on any atom is 0.130 e. The third kappa shape index (κ3) is 2.95. The lowest BCUT2D eigenvalue weighted by atomic mass is 10.0. The van der Waals surface area contributed by atoms with E-state index in [0.717, 1.165) is 22.9 Å². The third-order valence-corrected chi connectivity index (χ3v) is 3.98. The largest absolute Gasteiger partial charge is 0.496 e. The van der Waals surface area contributed by atoms with E-state index in [4.69, 9.17) is 4.74 Å². The minimum Gasteiger partial charge on any atom is -0.496 e. The zero-order chi connectivity index (χ0) is 14.0. The van der Waals surface area contributed by atoms with Crippen molar-refractivity contribution in [3.05, 3.63) is 64.7 Å². The molecule has 0 bridgehead atoms. The van der Waals surface area contributed by atoms with Gasteiger partial charge in [0, 0.05) is 11.6 Å². The topological polar surface area (TPSA) is 9.23 Å². The predicted molar refractivity (Wildman–Crippen MR) is 74.9 cm³/mol. The summed E-state index contributed by atoms with van der Waals surface area (Å²) in [5.74, 6) is -0.409. The van der Waals surface area contributed by atoms with Crippen molar-refractivity contribution in [2.75, 3.05) is 7.11 Å². The first kappa shape index (κ1) is 14.0. The molecular formula is C15H13BrF2O. The number of alkyl halides is 1. The van der Waals surface area contributed by atoms with Crippen LogP contribution in [0.2, 0.25) is 0 Å². The summed E-state index contributed by atoms with van der Waals surface area (Å²) >= 11 is 3.44. The van der Waals surface area contributed by atoms with Crippen LogP contribution in [0.15, 0.2) is 36.4 Å². The van der Waals surface area contributed by atoms with Gasteiger partial charge < -0.3 is 4.74 Å². The average Bonchev–Trinajstić information content (AvgIpc) is 2.38. The smallest absolute Gasteiger partial charge is 0.130 e. The van der Waals surface area contributed by atoms with Crippen LogP contribution in [0.5, 0.6) is 5.75 Å². The molecular weight excluding hydrogens is 314 g/mol. The van der Waals surface area contributed by atoms with Gasteiger partial charge >= 0.3 is 0 Å². The number of hydrogen-bond acceptors (Lipinski definition) is 1. The van der Waals surface area contributed by atoms with E-state index >= 15 is 0 Å². The summed E-state index contributed by atoms with van der Waals surface area (Å²) in [5.41, 5.74) is 2.26. The number of ether oxygens (including phenoxy) is 1. The maximum absolute atomic E-state index is 13.7. The van der Waals surface area contributed by atoms with Gasteiger partial charge in [0.05, 0.1) is 11.9 Å². The van der Waals surface area contributed by atoms with E-state index in [1.54, 1.807) is 7.11 Å². The zero-order valence-electron chi connectivity index (χ0n) is 10.6. The highest BCUT2D eigenvalue weighted by Crippen LogP contribution is 2.35. The number of hydrogen-bond donors (Lipinski definition) is 0. The Hall–Kier alpha value is -1.42. The van der Waals surface area contributed by atoms with E-state index < -0.39 is 11.6 Å². The van der Waals surface area contributed by atoms with E-state index in [9.17, 15) is 8.78 Å². The third-order valence-electron chi connectivity index (χ3n) is 2.96. The van der Waals surface area contributed by atoms with Crippen LogP contribution in [0.1, 0.15) is 21.5 Å². The molecule has 0 fully saturated rings. The summed E-state index contributed by atoms with van der Waals surface area (Å²) < 4.78 is 31.9. The molecule has 0 N–H and O–H groups in total. The van der Waals surface area contributed by atoms with Crippen molar-refractivity contribution in [2.45, 2.75) is 11.8 Å². The molecule has 0 aliphatic rings. The number of halogens is 3. The van der Waals surface area contributed by atoms with E-state index in [2.05, 4.69) is 15.9 Å². The van der Waals surface area contributed by atoms with Gasteiger partial charge in [0.25, 0.3) is 0 Å². The highest BCUT2D eigenvalue weighted by molar-refractivity contribution is 9.09. The molecule has 1 unspecified atom stereocenters. The van der Waals surface area contributed by atoms with Gasteiger partial charge in [-0.3, -0.25) is 0 Å². The normalized spacial score (nSPS) is 12.3. The molecule has 0 aromatic heterocycles. The van der Waals surface area contributed by atoms with Gasteiger partial charge in [0.1, 0.15) is 17.4 Å². The average molecular weight is 327 g/mol. The summed E-state index contributed by atoms with van der Waals surface area (Å²) in [6, 6.07) is 9.21. The van der Waals surface area contributed by atoms with Crippen molar-refractivity contribution in [1.82, 2.24) is 0 Å². The van der Waals surface area contributed by atoms with Gasteiger partial charge in [-0.15, -0.1) is 0 Å². The quantitative estimate of drug-likeness (QED) is 0.738. The lowest BCUT2D eigenvalue weighted by Crippen LogP contribution is -1.98. The Morgan fingerprint density at radius 3 is 2.47 bits per heavy atom. The van der Waals surface area contributed by atoms with Crippen molar-refractivity contribution >= 4 is 15.9 Å². The lowest BCUT2D eigenvalue weighted by molar-refractivity contribution is 0.411. The van der Waals surface area contributed by atoms with Crippen LogP contribution in [0.25, 0.3) is 0 Å². The van der Waals surface area contributed by atoms with E-state index in [1.165, 1.54) is 12.1 Å². The molecule has 2 aromatic rings. The molecule has 2 aromatic carbocycles. The zero-order valence-corrected chi connectivity index (χ0v) is 12.2. The molecule has 1 nitrogen and oxygen atoms in total. The highest BCUT2D eigenvalue weighted by atomic mass is 79.9. The molecule has 0 amide bonds. The fourth-order valence-electron chi connectivity index (χ4n) is 1.88. The Labute approximate surface area is 119 Å². The Kier molecular flexibility index (Phi) is 4.20. The van der Waals surface area contributed by atoms with Crippen LogP contribution >= 0.6 is 15.9 Å². The summed E-state index contributed by atoms with van der Waals surface area (Å²) in [5, 5.41) is 0. The van der Waals surface area contributed by atoms with E-state index in [-0.39, 0.29) is 4.83 Å². The van der Waals surface area contributed by atoms with Crippen LogP contribution in [0.3, 0.4) is 0 Å². The Morgan fingerprint density at radius 1 is 1.11 bits per heavy atom. The maximum atomic E-state index is 13.7. The molecule has 0 saturated heterocycles. The van der Waals surface area contributed by atoms with Gasteiger partial charge in [-0.05, 0) is 30.2 Å². The predicted octanol–water partition coefficient (Wildman–Crippen LogP) is 4.77. The molecule has 0 radical (unpaired) electrons. The van der Waals surface area contributed by atoms with Crippen molar-refractivity contribution in [3.8, 4) is 5.75 Å². The Morgan fingerprint density at radius 2 is 1.84 bits per heavy atom. The molecule has 19 heavy (non-hydrogen) atoms. The molecule has 0 saturated carbocycles. The standard InChI is InChI=1S/C15H13BrF2O/c1-9-3-4-10(7-14(9)19-2)15(16)12-6-5-11(17)8-13(12)18/h3-8,15H,1-2H3. The summed E-state index contributed by atoms with van der Waals surface area (Å²) in [6.07, 6.45) is 0. The summed E-state index contributed by atoms with van der Waals surface area (Å²) in [6.45, 7) is 1.93. The fourth-order valence-corrected chi connectivity index (χ4v) is 2.54. The summed E-state index contributed by atoms with van der Waals surface area (Å²) in [4.78, 5) is -0.345. The van der Waals surface area contributed by atoms with Crippen molar-refractivity contribution in [2.24, 2.45) is 0 Å². The number of methoxy groups -OCH3 is 1. The minimum atomic E-state index is -0.581. The number of aryl methyl sites for hydroxylation is 1. The van der Waals surface area contributed by atoms with Crippen LogP contribution in [-0.2, 0) is 0 Å². The van der Waals surface area contributed by atoms with Gasteiger partial charge in [0.2, 0.25) is 0 Å². The molecule has 0 aliphatic heterocycles. The Balaban J connectivity index is 2.40. The minimum absolute atomic E-state index is 0.345. The molecule has 1 atom stereocenters. The molecule has 0 heterocycles. The number of rotatable bonds is 3.